The average Bonchev–Trinajstić information content (AvgIpc) is 2.33. The van der Waals surface area contributed by atoms with E-state index in [1.165, 1.54) is 12.7 Å². The fourth-order valence-electron chi connectivity index (χ4n) is 2.30. The van der Waals surface area contributed by atoms with Crippen molar-refractivity contribution in [3.8, 4) is 0 Å². The second-order valence-electron chi connectivity index (χ2n) is 4.78. The number of hydrogen-bond acceptors (Lipinski definition) is 3. The third kappa shape index (κ3) is 3.81. The molecule has 0 saturated heterocycles. The van der Waals surface area contributed by atoms with Crippen molar-refractivity contribution in [3.63, 3.8) is 0 Å². The lowest BCUT2D eigenvalue weighted by atomic mass is 10.0. The molecule has 1 rings (SSSR count). The second-order valence-corrected chi connectivity index (χ2v) is 4.78. The van der Waals surface area contributed by atoms with E-state index in [0.717, 1.165) is 16.8 Å². The van der Waals surface area contributed by atoms with Gasteiger partial charge in [-0.15, -0.1) is 0 Å². The van der Waals surface area contributed by atoms with Crippen molar-refractivity contribution in [3.05, 3.63) is 28.8 Å². The molecule has 4 heteroatoms. The summed E-state index contributed by atoms with van der Waals surface area (Å²) in [5, 5.41) is 0. The highest BCUT2D eigenvalue weighted by molar-refractivity contribution is 5.95. The number of esters is 1. The Labute approximate surface area is 114 Å². The highest BCUT2D eigenvalue weighted by atomic mass is 16.5. The van der Waals surface area contributed by atoms with E-state index in [4.69, 9.17) is 0 Å². The number of amides is 1. The number of carbonyl (C=O) groups excluding carboxylic acids is 2. The number of hydrogen-bond donors (Lipinski definition) is 0. The van der Waals surface area contributed by atoms with Gasteiger partial charge in [0.1, 0.15) is 0 Å². The summed E-state index contributed by atoms with van der Waals surface area (Å²) < 4.78 is 4.54. The second kappa shape index (κ2) is 6.36. The van der Waals surface area contributed by atoms with E-state index in [0.29, 0.717) is 0 Å². The number of anilines is 1. The Balaban J connectivity index is 2.85. The standard InChI is InChI=1S/C15H21NO3/c1-10-8-11(2)15(12(3)9-10)16(4)13(17)6-7-14(18)19-5/h8-9H,6-7H2,1-5H3. The minimum Gasteiger partial charge on any atom is -0.469 e. The summed E-state index contributed by atoms with van der Waals surface area (Å²) in [6.07, 6.45) is 0.277. The van der Waals surface area contributed by atoms with E-state index in [9.17, 15) is 9.59 Å². The predicted octanol–water partition coefficient (Wildman–Crippen LogP) is 2.53. The first kappa shape index (κ1) is 15.2. The van der Waals surface area contributed by atoms with Crippen LogP contribution >= 0.6 is 0 Å². The third-order valence-corrected chi connectivity index (χ3v) is 3.12. The third-order valence-electron chi connectivity index (χ3n) is 3.12. The van der Waals surface area contributed by atoms with Gasteiger partial charge in [-0.25, -0.2) is 0 Å². The monoisotopic (exact) mass is 263 g/mol. The van der Waals surface area contributed by atoms with E-state index in [1.54, 1.807) is 11.9 Å². The number of aryl methyl sites for hydroxylation is 3. The van der Waals surface area contributed by atoms with E-state index in [2.05, 4.69) is 4.74 Å². The molecule has 104 valence electrons. The lowest BCUT2D eigenvalue weighted by Gasteiger charge is -2.22. The molecule has 1 amide bonds. The van der Waals surface area contributed by atoms with Crippen molar-refractivity contribution in [2.24, 2.45) is 0 Å². The van der Waals surface area contributed by atoms with Crippen molar-refractivity contribution in [1.82, 2.24) is 0 Å². The molecule has 0 bridgehead atoms. The molecule has 0 fully saturated rings. The maximum atomic E-state index is 12.1. The molecule has 0 spiro atoms. The van der Waals surface area contributed by atoms with Gasteiger partial charge in [0.2, 0.25) is 5.91 Å². The van der Waals surface area contributed by atoms with Crippen LogP contribution in [0, 0.1) is 20.8 Å². The summed E-state index contributed by atoms with van der Waals surface area (Å²) in [4.78, 5) is 24.8. The number of nitrogens with zero attached hydrogens (tertiary/aromatic N) is 1. The van der Waals surface area contributed by atoms with Crippen LogP contribution in [0.5, 0.6) is 0 Å². The van der Waals surface area contributed by atoms with Crippen LogP contribution in [0.3, 0.4) is 0 Å². The summed E-state index contributed by atoms with van der Waals surface area (Å²) in [5.41, 5.74) is 4.22. The number of rotatable bonds is 4. The van der Waals surface area contributed by atoms with Gasteiger partial charge in [-0.3, -0.25) is 9.59 Å². The van der Waals surface area contributed by atoms with Crippen LogP contribution in [0.2, 0.25) is 0 Å². The van der Waals surface area contributed by atoms with Crippen LogP contribution in [0.15, 0.2) is 12.1 Å². The van der Waals surface area contributed by atoms with Crippen LogP contribution in [0.1, 0.15) is 29.5 Å². The van der Waals surface area contributed by atoms with Crippen molar-refractivity contribution in [2.75, 3.05) is 19.1 Å². The molecule has 0 N–H and O–H groups in total. The molecular weight excluding hydrogens is 242 g/mol. The van der Waals surface area contributed by atoms with Gasteiger partial charge in [-0.1, -0.05) is 17.7 Å². The minimum atomic E-state index is -0.362. The Morgan fingerprint density at radius 2 is 1.63 bits per heavy atom. The van der Waals surface area contributed by atoms with Gasteiger partial charge in [0.15, 0.2) is 0 Å². The summed E-state index contributed by atoms with van der Waals surface area (Å²) in [7, 11) is 3.06. The van der Waals surface area contributed by atoms with Gasteiger partial charge in [-0.05, 0) is 31.9 Å². The maximum Gasteiger partial charge on any atom is 0.306 e. The first-order chi connectivity index (χ1) is 8.86. The van der Waals surface area contributed by atoms with Gasteiger partial charge < -0.3 is 9.64 Å². The molecule has 0 aliphatic carbocycles. The number of carbonyl (C=O) groups is 2. The van der Waals surface area contributed by atoms with E-state index in [1.807, 2.05) is 32.9 Å². The quantitative estimate of drug-likeness (QED) is 0.784. The van der Waals surface area contributed by atoms with Gasteiger partial charge in [0.05, 0.1) is 13.5 Å². The number of ether oxygens (including phenoxy) is 1. The average molecular weight is 263 g/mol. The molecule has 1 aromatic rings. The lowest BCUT2D eigenvalue weighted by molar-refractivity contribution is -0.141. The Kier molecular flexibility index (Phi) is 5.10. The van der Waals surface area contributed by atoms with Crippen molar-refractivity contribution in [1.29, 1.82) is 0 Å². The zero-order valence-electron chi connectivity index (χ0n) is 12.2. The topological polar surface area (TPSA) is 46.6 Å². The Bertz CT molecular complexity index is 471. The Morgan fingerprint density at radius 1 is 1.11 bits per heavy atom. The smallest absolute Gasteiger partial charge is 0.306 e. The normalized spacial score (nSPS) is 10.2. The minimum absolute atomic E-state index is 0.0829. The zero-order valence-corrected chi connectivity index (χ0v) is 12.2. The van der Waals surface area contributed by atoms with Gasteiger partial charge >= 0.3 is 5.97 Å². The van der Waals surface area contributed by atoms with Gasteiger partial charge in [0, 0.05) is 19.2 Å². The fraction of sp³-hybridized carbons (Fsp3) is 0.467. The molecular formula is C15H21NO3. The predicted molar refractivity (Wildman–Crippen MR) is 75.3 cm³/mol. The maximum absolute atomic E-state index is 12.1. The van der Waals surface area contributed by atoms with Crippen molar-refractivity contribution in [2.45, 2.75) is 33.6 Å². The largest absolute Gasteiger partial charge is 0.469 e. The molecule has 4 nitrogen and oxygen atoms in total. The molecule has 19 heavy (non-hydrogen) atoms. The molecule has 0 aliphatic rings. The van der Waals surface area contributed by atoms with Crippen LogP contribution in [0.4, 0.5) is 5.69 Å². The zero-order chi connectivity index (χ0) is 14.6. The van der Waals surface area contributed by atoms with Crippen molar-refractivity contribution < 1.29 is 14.3 Å². The van der Waals surface area contributed by atoms with E-state index < -0.39 is 0 Å². The molecule has 0 unspecified atom stereocenters. The molecule has 0 atom stereocenters. The van der Waals surface area contributed by atoms with Crippen molar-refractivity contribution >= 4 is 17.6 Å². The van der Waals surface area contributed by atoms with Gasteiger partial charge in [-0.2, -0.15) is 0 Å². The van der Waals surface area contributed by atoms with Crippen LogP contribution in [0.25, 0.3) is 0 Å². The lowest BCUT2D eigenvalue weighted by Crippen LogP contribution is -2.28. The molecule has 1 aromatic carbocycles. The van der Waals surface area contributed by atoms with Crippen LogP contribution in [-0.4, -0.2) is 26.0 Å². The number of methoxy groups -OCH3 is 1. The SMILES string of the molecule is COC(=O)CCC(=O)N(C)c1c(C)cc(C)cc1C. The molecule has 0 radical (unpaired) electrons. The first-order valence-corrected chi connectivity index (χ1v) is 6.28. The van der Waals surface area contributed by atoms with Crippen LogP contribution < -0.4 is 4.90 Å². The first-order valence-electron chi connectivity index (χ1n) is 6.28. The fourth-order valence-corrected chi connectivity index (χ4v) is 2.30. The summed E-state index contributed by atoms with van der Waals surface area (Å²) in [6, 6.07) is 4.10. The summed E-state index contributed by atoms with van der Waals surface area (Å²) >= 11 is 0. The molecule has 0 saturated carbocycles. The van der Waals surface area contributed by atoms with Gasteiger partial charge in [0.25, 0.3) is 0 Å². The van der Waals surface area contributed by atoms with Crippen LogP contribution in [-0.2, 0) is 14.3 Å². The Morgan fingerprint density at radius 3 is 2.11 bits per heavy atom. The Hall–Kier alpha value is -1.84. The van der Waals surface area contributed by atoms with E-state index >= 15 is 0 Å². The molecule has 0 aliphatic heterocycles. The van der Waals surface area contributed by atoms with E-state index in [-0.39, 0.29) is 24.7 Å². The highest BCUT2D eigenvalue weighted by Gasteiger charge is 2.16. The number of benzene rings is 1. The molecule has 0 aromatic heterocycles. The summed E-state index contributed by atoms with van der Waals surface area (Å²) in [6.45, 7) is 6.00. The summed E-state index contributed by atoms with van der Waals surface area (Å²) in [5.74, 6) is -0.445. The highest BCUT2D eigenvalue weighted by Crippen LogP contribution is 2.25. The molecule has 0 heterocycles.